The number of nitrogens with zero attached hydrogens (tertiary/aromatic N) is 6. The van der Waals surface area contributed by atoms with Crippen LogP contribution < -0.4 is 10.2 Å². The van der Waals surface area contributed by atoms with Crippen molar-refractivity contribution >= 4 is 52.1 Å². The molecule has 0 bridgehead atoms. The summed E-state index contributed by atoms with van der Waals surface area (Å²) in [6, 6.07) is 9.30. The summed E-state index contributed by atoms with van der Waals surface area (Å²) in [5.41, 5.74) is 1.85. The number of hydrogen-bond acceptors (Lipinski definition) is 7. The van der Waals surface area contributed by atoms with E-state index in [0.29, 0.717) is 47.2 Å². The fourth-order valence-electron chi connectivity index (χ4n) is 4.76. The van der Waals surface area contributed by atoms with Gasteiger partial charge in [0.2, 0.25) is 5.95 Å². The Balaban J connectivity index is 1.31. The van der Waals surface area contributed by atoms with Gasteiger partial charge < -0.3 is 10.2 Å². The molecule has 5 heterocycles. The lowest BCUT2D eigenvalue weighted by atomic mass is 9.89. The topological polar surface area (TPSA) is 104 Å². The molecule has 1 saturated carbocycles. The first-order chi connectivity index (χ1) is 16.9. The van der Waals surface area contributed by atoms with Crippen molar-refractivity contribution in [2.45, 2.75) is 50.5 Å². The zero-order chi connectivity index (χ0) is 24.2. The molecular formula is C24H24Cl2N8O. The summed E-state index contributed by atoms with van der Waals surface area (Å²) in [7, 11) is 0. The summed E-state index contributed by atoms with van der Waals surface area (Å²) in [4.78, 5) is 24.5. The van der Waals surface area contributed by atoms with Crippen LogP contribution in [0.1, 0.15) is 49.8 Å². The quantitative estimate of drug-likeness (QED) is 0.339. The van der Waals surface area contributed by atoms with E-state index in [0.717, 1.165) is 17.6 Å². The van der Waals surface area contributed by atoms with Crippen LogP contribution in [0.3, 0.4) is 0 Å². The average Bonchev–Trinajstić information content (AvgIpc) is 3.19. The number of H-pyrrole nitrogens is 1. The molecule has 2 fully saturated rings. The molecule has 0 amide bonds. The van der Waals surface area contributed by atoms with Gasteiger partial charge in [-0.2, -0.15) is 10.1 Å². The first-order valence-corrected chi connectivity index (χ1v) is 12.5. The van der Waals surface area contributed by atoms with Gasteiger partial charge in [0.25, 0.3) is 0 Å². The monoisotopic (exact) mass is 510 g/mol. The van der Waals surface area contributed by atoms with E-state index in [4.69, 9.17) is 33.3 Å². The van der Waals surface area contributed by atoms with Gasteiger partial charge in [0.1, 0.15) is 15.8 Å². The van der Waals surface area contributed by atoms with Crippen molar-refractivity contribution in [2.75, 3.05) is 16.8 Å². The van der Waals surface area contributed by atoms with E-state index in [1.165, 1.54) is 12.8 Å². The fourth-order valence-corrected chi connectivity index (χ4v) is 5.18. The number of fused-ring (bicyclic) bond motifs is 1. The molecule has 1 aliphatic heterocycles. The molecule has 0 unspecified atom stereocenters. The number of pyridine rings is 1. The number of hydrogen-bond donors (Lipinski definition) is 2. The zero-order valence-corrected chi connectivity index (χ0v) is 20.6. The van der Waals surface area contributed by atoms with Crippen molar-refractivity contribution in [3.63, 3.8) is 0 Å². The largest absolute Gasteiger partial charge is 0.327 e. The highest BCUT2D eigenvalue weighted by molar-refractivity contribution is 6.33. The second-order valence-corrected chi connectivity index (χ2v) is 10.2. The minimum absolute atomic E-state index is 0.0353. The molecule has 0 aromatic carbocycles. The van der Waals surface area contributed by atoms with Gasteiger partial charge in [-0.15, -0.1) is 5.10 Å². The van der Waals surface area contributed by atoms with Crippen LogP contribution >= 0.6 is 23.2 Å². The maximum absolute atomic E-state index is 13.6. The lowest BCUT2D eigenvalue weighted by Gasteiger charge is -2.34. The Morgan fingerprint density at radius 2 is 2.11 bits per heavy atom. The maximum atomic E-state index is 13.6. The van der Waals surface area contributed by atoms with Crippen LogP contribution in [0.25, 0.3) is 5.52 Å². The molecule has 2 N–H and O–H groups in total. The SMILES string of the molecule is C[C@@]1(C(=O)Cc2ccc(Cl)nc2Cl)CCCN1c1nc(Nc2cc(C3CC3)[nH]n2)c2cccn2n1. The number of aromatic amines is 1. The van der Waals surface area contributed by atoms with Crippen LogP contribution in [0.15, 0.2) is 36.5 Å². The Bertz CT molecular complexity index is 1430. The predicted molar refractivity (Wildman–Crippen MR) is 135 cm³/mol. The number of aromatic nitrogens is 6. The van der Waals surface area contributed by atoms with Crippen LogP contribution in [-0.4, -0.2) is 47.6 Å². The maximum Gasteiger partial charge on any atom is 0.246 e. The molecule has 1 saturated heterocycles. The second-order valence-electron chi connectivity index (χ2n) is 9.42. The molecule has 1 atom stereocenters. The highest BCUT2D eigenvalue weighted by Crippen LogP contribution is 2.40. The molecule has 11 heteroatoms. The minimum Gasteiger partial charge on any atom is -0.327 e. The molecule has 0 radical (unpaired) electrons. The highest BCUT2D eigenvalue weighted by Gasteiger charge is 2.44. The van der Waals surface area contributed by atoms with Crippen molar-refractivity contribution < 1.29 is 4.79 Å². The number of rotatable bonds is 7. The van der Waals surface area contributed by atoms with E-state index in [-0.39, 0.29) is 17.4 Å². The highest BCUT2D eigenvalue weighted by atomic mass is 35.5. The molecule has 2 aliphatic rings. The van der Waals surface area contributed by atoms with Gasteiger partial charge in [0, 0.05) is 36.8 Å². The lowest BCUT2D eigenvalue weighted by Crippen LogP contribution is -2.49. The molecule has 0 spiro atoms. The minimum atomic E-state index is -0.771. The third-order valence-electron chi connectivity index (χ3n) is 6.97. The molecule has 6 rings (SSSR count). The predicted octanol–water partition coefficient (Wildman–Crippen LogP) is 4.95. The molecule has 35 heavy (non-hydrogen) atoms. The Morgan fingerprint density at radius 1 is 1.26 bits per heavy atom. The van der Waals surface area contributed by atoms with E-state index < -0.39 is 5.54 Å². The number of carbonyl (C=O) groups excluding carboxylic acids is 1. The Morgan fingerprint density at radius 3 is 2.91 bits per heavy atom. The lowest BCUT2D eigenvalue weighted by molar-refractivity contribution is -0.122. The normalized spacial score (nSPS) is 20.0. The summed E-state index contributed by atoms with van der Waals surface area (Å²) in [5.74, 6) is 2.45. The summed E-state index contributed by atoms with van der Waals surface area (Å²) in [6.07, 6.45) is 5.98. The van der Waals surface area contributed by atoms with Gasteiger partial charge in [0.15, 0.2) is 17.4 Å². The van der Waals surface area contributed by atoms with E-state index in [1.54, 1.807) is 16.6 Å². The summed E-state index contributed by atoms with van der Waals surface area (Å²) in [5, 5.41) is 16.2. The van der Waals surface area contributed by atoms with Crippen molar-refractivity contribution in [3.8, 4) is 0 Å². The van der Waals surface area contributed by atoms with Gasteiger partial charge in [0.05, 0.1) is 5.54 Å². The van der Waals surface area contributed by atoms with E-state index in [9.17, 15) is 4.79 Å². The first kappa shape index (κ1) is 22.3. The van der Waals surface area contributed by atoms with E-state index in [1.807, 2.05) is 36.2 Å². The van der Waals surface area contributed by atoms with Gasteiger partial charge in [-0.1, -0.05) is 29.3 Å². The van der Waals surface area contributed by atoms with Gasteiger partial charge >= 0.3 is 0 Å². The third-order valence-corrected chi connectivity index (χ3v) is 7.51. The van der Waals surface area contributed by atoms with Crippen LogP contribution in [0.5, 0.6) is 0 Å². The Kier molecular flexibility index (Phi) is 5.41. The van der Waals surface area contributed by atoms with Crippen LogP contribution in [0.2, 0.25) is 10.3 Å². The number of ketones is 1. The third kappa shape index (κ3) is 4.12. The number of halogens is 2. The summed E-state index contributed by atoms with van der Waals surface area (Å²) < 4.78 is 1.78. The number of Topliss-reactive ketones (excluding diaryl/α,β-unsaturated/α-hetero) is 1. The van der Waals surface area contributed by atoms with E-state index in [2.05, 4.69) is 20.5 Å². The van der Waals surface area contributed by atoms with Crippen molar-refractivity contribution in [1.82, 2.24) is 29.8 Å². The number of nitrogens with one attached hydrogen (secondary N) is 2. The number of anilines is 3. The molecule has 9 nitrogen and oxygen atoms in total. The molecule has 1 aliphatic carbocycles. The van der Waals surface area contributed by atoms with Gasteiger partial charge in [-0.25, -0.2) is 9.50 Å². The Hall–Kier alpha value is -3.17. The van der Waals surface area contributed by atoms with Crippen LogP contribution in [0.4, 0.5) is 17.6 Å². The molecule has 4 aromatic heterocycles. The molecular weight excluding hydrogens is 487 g/mol. The molecule has 180 valence electrons. The summed E-state index contributed by atoms with van der Waals surface area (Å²) >= 11 is 12.2. The van der Waals surface area contributed by atoms with Crippen molar-refractivity contribution in [2.24, 2.45) is 0 Å². The van der Waals surface area contributed by atoms with E-state index >= 15 is 0 Å². The average molecular weight is 511 g/mol. The summed E-state index contributed by atoms with van der Waals surface area (Å²) in [6.45, 7) is 2.63. The zero-order valence-electron chi connectivity index (χ0n) is 19.1. The van der Waals surface area contributed by atoms with Gasteiger partial charge in [-0.3, -0.25) is 9.89 Å². The second kappa shape index (κ2) is 8.49. The van der Waals surface area contributed by atoms with Crippen molar-refractivity contribution in [1.29, 1.82) is 0 Å². The standard InChI is InChI=1S/C24H24Cl2N8O/c1-24(18(35)12-15-7-8-19(25)27-21(15)26)9-3-10-33(24)23-29-22(17-4-2-11-34(17)32-23)28-20-13-16(30-31-20)14-5-6-14/h2,4,7-8,11,13-14H,3,5-6,9-10,12H2,1H3,(H2,28,29,30,31,32)/t24-/m0/s1. The first-order valence-electron chi connectivity index (χ1n) is 11.7. The fraction of sp³-hybridized carbons (Fsp3) is 0.375. The van der Waals surface area contributed by atoms with Crippen LogP contribution in [-0.2, 0) is 11.2 Å². The van der Waals surface area contributed by atoms with Crippen LogP contribution in [0, 0.1) is 0 Å². The molecule has 4 aromatic rings. The smallest absolute Gasteiger partial charge is 0.246 e. The van der Waals surface area contributed by atoms with Crippen molar-refractivity contribution in [3.05, 3.63) is 58.1 Å². The van der Waals surface area contributed by atoms with Gasteiger partial charge in [-0.05, 0) is 56.4 Å². The number of carbonyl (C=O) groups is 1. The Labute approximate surface area is 211 Å².